The van der Waals surface area contributed by atoms with Crippen molar-refractivity contribution in [2.24, 2.45) is 0 Å². The van der Waals surface area contributed by atoms with Crippen molar-refractivity contribution in [1.82, 2.24) is 0 Å². The molecule has 0 radical (unpaired) electrons. The molecule has 0 unspecified atom stereocenters. The van der Waals surface area contributed by atoms with Gasteiger partial charge in [-0.2, -0.15) is 0 Å². The summed E-state index contributed by atoms with van der Waals surface area (Å²) in [5.41, 5.74) is 4.77. The molecule has 2 aromatic carbocycles. The molecule has 0 saturated heterocycles. The third kappa shape index (κ3) is 2.54. The van der Waals surface area contributed by atoms with E-state index in [-0.39, 0.29) is 10.6 Å². The Morgan fingerprint density at radius 3 is 2.16 bits per heavy atom. The fourth-order valence-electron chi connectivity index (χ4n) is 2.19. The highest BCUT2D eigenvalue weighted by atomic mass is 79.9. The maximum Gasteiger partial charge on any atom is 0.277 e. The zero-order chi connectivity index (χ0) is 14.2. The molecule has 0 aliphatic heterocycles. The molecule has 0 bridgehead atoms. The number of nitro benzene ring substituents is 1. The third-order valence-corrected chi connectivity index (χ3v) is 4.00. The van der Waals surface area contributed by atoms with E-state index < -0.39 is 0 Å². The SMILES string of the molecule is Cc1cc([N+](=O)[O-])c(-c2ccc(Br)cc2)c(C)c1C. The van der Waals surface area contributed by atoms with Gasteiger partial charge in [-0.1, -0.05) is 28.1 Å². The standard InChI is InChI=1S/C15H14BrNO2/c1-9-8-14(17(18)19)15(11(3)10(9)2)12-4-6-13(16)7-5-12/h4-8H,1-3H3. The van der Waals surface area contributed by atoms with Gasteiger partial charge in [-0.25, -0.2) is 0 Å². The van der Waals surface area contributed by atoms with Gasteiger partial charge in [-0.3, -0.25) is 10.1 Å². The fourth-order valence-corrected chi connectivity index (χ4v) is 2.45. The molecule has 0 aliphatic carbocycles. The number of benzene rings is 2. The quantitative estimate of drug-likeness (QED) is 0.580. The molecule has 0 fully saturated rings. The van der Waals surface area contributed by atoms with Crippen LogP contribution in [0, 0.1) is 30.9 Å². The van der Waals surface area contributed by atoms with E-state index in [1.54, 1.807) is 6.07 Å². The molecule has 0 heterocycles. The Kier molecular flexibility index (Phi) is 3.71. The highest BCUT2D eigenvalue weighted by molar-refractivity contribution is 9.10. The molecule has 0 N–H and O–H groups in total. The van der Waals surface area contributed by atoms with Gasteiger partial charge < -0.3 is 0 Å². The summed E-state index contributed by atoms with van der Waals surface area (Å²) >= 11 is 3.38. The molecular weight excluding hydrogens is 306 g/mol. The van der Waals surface area contributed by atoms with Crippen LogP contribution in [0.2, 0.25) is 0 Å². The molecule has 98 valence electrons. The minimum absolute atomic E-state index is 0.169. The lowest BCUT2D eigenvalue weighted by atomic mass is 9.92. The number of rotatable bonds is 2. The predicted octanol–water partition coefficient (Wildman–Crippen LogP) is 4.95. The van der Waals surface area contributed by atoms with Crippen molar-refractivity contribution in [3.05, 3.63) is 61.6 Å². The maximum atomic E-state index is 11.3. The minimum atomic E-state index is -0.309. The van der Waals surface area contributed by atoms with E-state index in [1.807, 2.05) is 45.0 Å². The Morgan fingerprint density at radius 1 is 1.05 bits per heavy atom. The van der Waals surface area contributed by atoms with Crippen LogP contribution in [0.15, 0.2) is 34.8 Å². The summed E-state index contributed by atoms with van der Waals surface area (Å²) in [5.74, 6) is 0. The lowest BCUT2D eigenvalue weighted by Gasteiger charge is -2.12. The summed E-state index contributed by atoms with van der Waals surface area (Å²) in [4.78, 5) is 11.0. The van der Waals surface area contributed by atoms with Crippen molar-refractivity contribution in [2.75, 3.05) is 0 Å². The van der Waals surface area contributed by atoms with E-state index >= 15 is 0 Å². The summed E-state index contributed by atoms with van der Waals surface area (Å²) in [7, 11) is 0. The molecule has 0 aromatic heterocycles. The van der Waals surface area contributed by atoms with E-state index in [9.17, 15) is 10.1 Å². The summed E-state index contributed by atoms with van der Waals surface area (Å²) in [6.07, 6.45) is 0. The van der Waals surface area contributed by atoms with Crippen LogP contribution in [0.25, 0.3) is 11.1 Å². The first-order valence-corrected chi connectivity index (χ1v) is 6.72. The second kappa shape index (κ2) is 5.13. The Labute approximate surface area is 120 Å². The van der Waals surface area contributed by atoms with E-state index in [4.69, 9.17) is 0 Å². The van der Waals surface area contributed by atoms with Gasteiger partial charge in [-0.05, 0) is 55.2 Å². The van der Waals surface area contributed by atoms with Crippen molar-refractivity contribution >= 4 is 21.6 Å². The van der Waals surface area contributed by atoms with Crippen LogP contribution in [0.4, 0.5) is 5.69 Å². The molecular formula is C15H14BrNO2. The Hall–Kier alpha value is -1.68. The van der Waals surface area contributed by atoms with Gasteiger partial charge in [0.1, 0.15) is 0 Å². The van der Waals surface area contributed by atoms with Crippen LogP contribution in [0.3, 0.4) is 0 Å². The molecule has 4 heteroatoms. The zero-order valence-corrected chi connectivity index (χ0v) is 12.6. The molecule has 19 heavy (non-hydrogen) atoms. The normalized spacial score (nSPS) is 10.5. The van der Waals surface area contributed by atoms with Gasteiger partial charge >= 0.3 is 0 Å². The van der Waals surface area contributed by atoms with Crippen molar-refractivity contribution in [3.63, 3.8) is 0 Å². The van der Waals surface area contributed by atoms with Crippen LogP contribution in [-0.4, -0.2) is 4.92 Å². The summed E-state index contributed by atoms with van der Waals surface area (Å²) in [6.45, 7) is 5.84. The first kappa shape index (κ1) is 13.7. The van der Waals surface area contributed by atoms with Crippen molar-refractivity contribution in [1.29, 1.82) is 0 Å². The van der Waals surface area contributed by atoms with Gasteiger partial charge in [-0.15, -0.1) is 0 Å². The fraction of sp³-hybridized carbons (Fsp3) is 0.200. The van der Waals surface area contributed by atoms with Crippen LogP contribution in [0.5, 0.6) is 0 Å². The highest BCUT2D eigenvalue weighted by Gasteiger charge is 2.20. The number of hydrogen-bond acceptors (Lipinski definition) is 2. The highest BCUT2D eigenvalue weighted by Crippen LogP contribution is 2.36. The van der Waals surface area contributed by atoms with Crippen LogP contribution in [0.1, 0.15) is 16.7 Å². The number of aryl methyl sites for hydroxylation is 1. The molecule has 2 rings (SSSR count). The summed E-state index contributed by atoms with van der Waals surface area (Å²) < 4.78 is 0.959. The van der Waals surface area contributed by atoms with Gasteiger partial charge in [0.15, 0.2) is 0 Å². The Bertz CT molecular complexity index is 648. The largest absolute Gasteiger partial charge is 0.277 e. The number of halogens is 1. The topological polar surface area (TPSA) is 43.1 Å². The van der Waals surface area contributed by atoms with E-state index in [0.717, 1.165) is 26.7 Å². The third-order valence-electron chi connectivity index (χ3n) is 3.47. The van der Waals surface area contributed by atoms with E-state index in [0.29, 0.717) is 5.56 Å². The molecule has 0 atom stereocenters. The average Bonchev–Trinajstić information content (AvgIpc) is 2.37. The Balaban J connectivity index is 2.77. The van der Waals surface area contributed by atoms with Gasteiger partial charge in [0, 0.05) is 10.5 Å². The smallest absolute Gasteiger partial charge is 0.258 e. The van der Waals surface area contributed by atoms with Crippen LogP contribution >= 0.6 is 15.9 Å². The molecule has 0 saturated carbocycles. The molecule has 3 nitrogen and oxygen atoms in total. The monoisotopic (exact) mass is 319 g/mol. The summed E-state index contributed by atoms with van der Waals surface area (Å²) in [6, 6.07) is 9.24. The van der Waals surface area contributed by atoms with E-state index in [2.05, 4.69) is 15.9 Å². The molecule has 2 aromatic rings. The van der Waals surface area contributed by atoms with Gasteiger partial charge in [0.2, 0.25) is 0 Å². The number of nitro groups is 1. The Morgan fingerprint density at radius 2 is 1.63 bits per heavy atom. The maximum absolute atomic E-state index is 11.3. The van der Waals surface area contributed by atoms with Crippen LogP contribution in [-0.2, 0) is 0 Å². The first-order valence-electron chi connectivity index (χ1n) is 5.93. The minimum Gasteiger partial charge on any atom is -0.258 e. The second-order valence-electron chi connectivity index (χ2n) is 4.60. The second-order valence-corrected chi connectivity index (χ2v) is 5.52. The molecule has 0 amide bonds. The van der Waals surface area contributed by atoms with E-state index in [1.165, 1.54) is 0 Å². The van der Waals surface area contributed by atoms with Crippen molar-refractivity contribution in [2.45, 2.75) is 20.8 Å². The van der Waals surface area contributed by atoms with Gasteiger partial charge in [0.05, 0.1) is 10.5 Å². The van der Waals surface area contributed by atoms with Gasteiger partial charge in [0.25, 0.3) is 5.69 Å². The van der Waals surface area contributed by atoms with Crippen molar-refractivity contribution in [3.8, 4) is 11.1 Å². The first-order chi connectivity index (χ1) is 8.91. The zero-order valence-electron chi connectivity index (χ0n) is 11.0. The lowest BCUT2D eigenvalue weighted by molar-refractivity contribution is -0.384. The van der Waals surface area contributed by atoms with Crippen molar-refractivity contribution < 1.29 is 4.92 Å². The summed E-state index contributed by atoms with van der Waals surface area (Å²) in [5, 5.41) is 11.3. The predicted molar refractivity (Wildman–Crippen MR) is 80.4 cm³/mol. The number of hydrogen-bond donors (Lipinski definition) is 0. The van der Waals surface area contributed by atoms with Crippen LogP contribution < -0.4 is 0 Å². The lowest BCUT2D eigenvalue weighted by Crippen LogP contribution is -1.98. The molecule has 0 aliphatic rings. The average molecular weight is 320 g/mol. The molecule has 0 spiro atoms. The number of nitrogens with zero attached hydrogens (tertiary/aromatic N) is 1.